The molecule has 0 saturated heterocycles. The lowest BCUT2D eigenvalue weighted by Gasteiger charge is -2.26. The topological polar surface area (TPSA) is 48.8 Å². The van der Waals surface area contributed by atoms with Crippen molar-refractivity contribution in [2.24, 2.45) is 5.11 Å². The maximum absolute atomic E-state index is 12.8. The van der Waals surface area contributed by atoms with Crippen LogP contribution in [-0.4, -0.2) is 13.5 Å². The first kappa shape index (κ1) is 12.5. The molecule has 0 aromatic heterocycles. The van der Waals surface area contributed by atoms with Crippen LogP contribution in [0.4, 0.5) is 12.9 Å². The summed E-state index contributed by atoms with van der Waals surface area (Å²) in [6.07, 6.45) is -0.197. The van der Waals surface area contributed by atoms with Crippen molar-refractivity contribution in [3.05, 3.63) is 46.3 Å². The molecule has 1 rings (SSSR count). The second-order valence-corrected chi connectivity index (χ2v) is 3.39. The average Bonchev–Trinajstić information content (AvgIpc) is 2.24. The van der Waals surface area contributed by atoms with Crippen molar-refractivity contribution in [2.75, 3.05) is 6.54 Å². The van der Waals surface area contributed by atoms with Crippen LogP contribution in [0.15, 0.2) is 35.4 Å². The lowest BCUT2D eigenvalue weighted by Crippen LogP contribution is -2.27. The van der Waals surface area contributed by atoms with Gasteiger partial charge in [0.05, 0.1) is 0 Å². The fraction of sp³-hybridized carbons (Fsp3) is 0.333. The van der Waals surface area contributed by atoms with Gasteiger partial charge in [0.25, 0.3) is 0 Å². The van der Waals surface area contributed by atoms with Gasteiger partial charge in [-0.15, -0.1) is 0 Å². The molecule has 16 heavy (non-hydrogen) atoms. The van der Waals surface area contributed by atoms with E-state index in [4.69, 9.17) is 5.53 Å². The first-order valence-electron chi connectivity index (χ1n) is 4.81. The summed E-state index contributed by atoms with van der Waals surface area (Å²) in [4.78, 5) is 2.45. The van der Waals surface area contributed by atoms with E-state index in [0.717, 1.165) is 0 Å². The number of rotatable bonds is 5. The lowest BCUT2D eigenvalue weighted by atomic mass is 9.67. The summed E-state index contributed by atoms with van der Waals surface area (Å²) in [7, 11) is 0. The summed E-state index contributed by atoms with van der Waals surface area (Å²) in [5.41, 5.74) is 8.26. The molecule has 0 radical (unpaired) electrons. The van der Waals surface area contributed by atoms with Gasteiger partial charge in [0.15, 0.2) is 0 Å². The van der Waals surface area contributed by atoms with Crippen molar-refractivity contribution in [1.82, 2.24) is 0 Å². The van der Waals surface area contributed by atoms with Crippen molar-refractivity contribution >= 4 is 6.98 Å². The quantitative estimate of drug-likeness (QED) is 0.318. The highest BCUT2D eigenvalue weighted by molar-refractivity contribution is 6.60. The minimum absolute atomic E-state index is 0.142. The number of halogens is 3. The molecule has 0 amide bonds. The molecule has 0 N–H and O–H groups in total. The Morgan fingerprint density at radius 1 is 1.25 bits per heavy atom. The first-order valence-corrected chi connectivity index (χ1v) is 4.81. The van der Waals surface area contributed by atoms with Crippen LogP contribution in [0.2, 0.25) is 0 Å². The summed E-state index contributed by atoms with van der Waals surface area (Å²) in [5, 5.41) is 3.14. The van der Waals surface area contributed by atoms with Gasteiger partial charge in [-0.25, -0.2) is 0 Å². The third-order valence-corrected chi connectivity index (χ3v) is 2.29. The number of nitrogens with zero attached hydrogens (tertiary/aromatic N) is 3. The second-order valence-electron chi connectivity index (χ2n) is 3.39. The predicted octanol–water partition coefficient (Wildman–Crippen LogP) is 3.86. The van der Waals surface area contributed by atoms with Gasteiger partial charge in [0, 0.05) is 11.5 Å². The molecule has 0 bridgehead atoms. The number of benzene rings is 1. The molecular formula is C9H10BF3N3-. The molecule has 0 aliphatic rings. The number of azide groups is 1. The molecule has 0 aliphatic carbocycles. The lowest BCUT2D eigenvalue weighted by molar-refractivity contribution is 0.431. The normalized spacial score (nSPS) is 12.9. The first-order chi connectivity index (χ1) is 7.55. The molecule has 7 heteroatoms. The van der Waals surface area contributed by atoms with Gasteiger partial charge in [-0.2, -0.15) is 0 Å². The van der Waals surface area contributed by atoms with E-state index in [2.05, 4.69) is 10.0 Å². The van der Waals surface area contributed by atoms with Gasteiger partial charge in [-0.1, -0.05) is 47.4 Å². The Balaban J connectivity index is 2.84. The maximum atomic E-state index is 12.8. The minimum Gasteiger partial charge on any atom is -0.448 e. The van der Waals surface area contributed by atoms with Crippen molar-refractivity contribution in [3.63, 3.8) is 0 Å². The van der Waals surface area contributed by atoms with Crippen LogP contribution < -0.4 is 0 Å². The van der Waals surface area contributed by atoms with E-state index in [0.29, 0.717) is 0 Å². The Bertz CT molecular complexity index is 373. The van der Waals surface area contributed by atoms with Gasteiger partial charge < -0.3 is 12.9 Å². The molecule has 0 unspecified atom stereocenters. The van der Waals surface area contributed by atoms with Crippen LogP contribution in [0.1, 0.15) is 17.8 Å². The van der Waals surface area contributed by atoms with Crippen LogP contribution in [0.3, 0.4) is 0 Å². The molecule has 0 fully saturated rings. The van der Waals surface area contributed by atoms with Crippen LogP contribution in [0.25, 0.3) is 10.4 Å². The molecule has 0 aliphatic heterocycles. The van der Waals surface area contributed by atoms with Crippen LogP contribution >= 0.6 is 0 Å². The zero-order valence-electron chi connectivity index (χ0n) is 8.43. The van der Waals surface area contributed by atoms with E-state index in [1.54, 1.807) is 18.2 Å². The van der Waals surface area contributed by atoms with Crippen LogP contribution in [0, 0.1) is 0 Å². The molecule has 0 heterocycles. The van der Waals surface area contributed by atoms with E-state index in [1.165, 1.54) is 12.1 Å². The van der Waals surface area contributed by atoms with Crippen molar-refractivity contribution in [2.45, 2.75) is 12.2 Å². The zero-order valence-corrected chi connectivity index (χ0v) is 8.43. The maximum Gasteiger partial charge on any atom is 0.485 e. The third-order valence-electron chi connectivity index (χ3n) is 2.29. The van der Waals surface area contributed by atoms with E-state index in [-0.39, 0.29) is 18.5 Å². The van der Waals surface area contributed by atoms with Gasteiger partial charge >= 0.3 is 6.98 Å². The van der Waals surface area contributed by atoms with E-state index in [9.17, 15) is 12.9 Å². The average molecular weight is 228 g/mol. The second kappa shape index (κ2) is 5.46. The monoisotopic (exact) mass is 228 g/mol. The van der Waals surface area contributed by atoms with Gasteiger partial charge in [0.2, 0.25) is 0 Å². The molecule has 86 valence electrons. The van der Waals surface area contributed by atoms with E-state index >= 15 is 0 Å². The standard InChI is InChI=1S/C9H10BF3N3/c11-10(12,13)9(6-7-15-16-14)8-4-2-1-3-5-8/h1-5,9H,6-7H2/q-1/t9-/m1/s1. The molecule has 3 nitrogen and oxygen atoms in total. The summed E-state index contributed by atoms with van der Waals surface area (Å²) in [6.45, 7) is -5.11. The van der Waals surface area contributed by atoms with Crippen LogP contribution in [-0.2, 0) is 0 Å². The fourth-order valence-corrected chi connectivity index (χ4v) is 1.52. The highest BCUT2D eigenvalue weighted by atomic mass is 19.4. The SMILES string of the molecule is [N-]=[N+]=NCC[C@H](c1ccccc1)[B-](F)(F)F. The molecule has 1 aromatic carbocycles. The van der Waals surface area contributed by atoms with Crippen molar-refractivity contribution in [1.29, 1.82) is 0 Å². The van der Waals surface area contributed by atoms with E-state index < -0.39 is 12.8 Å². The Kier molecular flexibility index (Phi) is 4.25. The van der Waals surface area contributed by atoms with Crippen molar-refractivity contribution in [3.8, 4) is 0 Å². The highest BCUT2D eigenvalue weighted by Gasteiger charge is 2.35. The molecule has 1 atom stereocenters. The minimum atomic E-state index is -4.96. The summed E-state index contributed by atoms with van der Waals surface area (Å²) >= 11 is 0. The summed E-state index contributed by atoms with van der Waals surface area (Å²) in [5.74, 6) is -1.51. The largest absolute Gasteiger partial charge is 0.485 e. The van der Waals surface area contributed by atoms with E-state index in [1.807, 2.05) is 0 Å². The zero-order chi connectivity index (χ0) is 12.0. The summed E-state index contributed by atoms with van der Waals surface area (Å²) < 4.78 is 38.3. The Labute approximate surface area is 91.0 Å². The smallest absolute Gasteiger partial charge is 0.448 e. The third kappa shape index (κ3) is 3.51. The van der Waals surface area contributed by atoms with Crippen molar-refractivity contribution < 1.29 is 12.9 Å². The number of hydrogen-bond donors (Lipinski definition) is 0. The molecule has 1 aromatic rings. The van der Waals surface area contributed by atoms with Gasteiger partial charge in [0.1, 0.15) is 0 Å². The van der Waals surface area contributed by atoms with Gasteiger partial charge in [-0.05, 0) is 11.3 Å². The van der Waals surface area contributed by atoms with Gasteiger partial charge in [-0.3, -0.25) is 0 Å². The molecule has 0 saturated carbocycles. The highest BCUT2D eigenvalue weighted by Crippen LogP contribution is 2.33. The Hall–Kier alpha value is -1.62. The Morgan fingerprint density at radius 3 is 2.38 bits per heavy atom. The number of hydrogen-bond acceptors (Lipinski definition) is 1. The predicted molar refractivity (Wildman–Crippen MR) is 56.9 cm³/mol. The molecular weight excluding hydrogens is 218 g/mol. The summed E-state index contributed by atoms with van der Waals surface area (Å²) in [6, 6.07) is 7.68. The van der Waals surface area contributed by atoms with Crippen LogP contribution in [0.5, 0.6) is 0 Å². The molecule has 0 spiro atoms. The fourth-order valence-electron chi connectivity index (χ4n) is 1.52. The Morgan fingerprint density at radius 2 is 1.88 bits per heavy atom.